The third-order valence-electron chi connectivity index (χ3n) is 5.97. The molecule has 1 atom stereocenters. The highest BCUT2D eigenvalue weighted by Gasteiger charge is 2.56. The highest BCUT2D eigenvalue weighted by molar-refractivity contribution is 5.22. The monoisotopic (exact) mass is 325 g/mol. The van der Waals surface area contributed by atoms with E-state index >= 15 is 0 Å². The van der Waals surface area contributed by atoms with Crippen LogP contribution in [0.25, 0.3) is 0 Å². The van der Waals surface area contributed by atoms with Crippen molar-refractivity contribution in [3.8, 4) is 0 Å². The van der Waals surface area contributed by atoms with E-state index in [-0.39, 0.29) is 0 Å². The van der Waals surface area contributed by atoms with Gasteiger partial charge in [-0.05, 0) is 61.9 Å². The zero-order valence-electron chi connectivity index (χ0n) is 14.7. The molecule has 1 unspecified atom stereocenters. The lowest BCUT2D eigenvalue weighted by Crippen LogP contribution is -2.36. The molecule has 2 aromatic heterocycles. The Kier molecular flexibility index (Phi) is 4.14. The third kappa shape index (κ3) is 2.98. The Morgan fingerprint density at radius 1 is 1.29 bits per heavy atom. The predicted octanol–water partition coefficient (Wildman–Crippen LogP) is 2.27. The maximum Gasteiger partial charge on any atom is 0.122 e. The van der Waals surface area contributed by atoms with Gasteiger partial charge in [-0.25, -0.2) is 4.98 Å². The molecular formula is C19H27N5. The van der Waals surface area contributed by atoms with Crippen molar-refractivity contribution in [2.75, 3.05) is 13.1 Å². The minimum Gasteiger partial charge on any atom is -0.337 e. The van der Waals surface area contributed by atoms with Crippen LogP contribution in [-0.2, 0) is 20.1 Å². The lowest BCUT2D eigenvalue weighted by atomic mass is 9.93. The van der Waals surface area contributed by atoms with Crippen LogP contribution >= 0.6 is 0 Å². The van der Waals surface area contributed by atoms with Gasteiger partial charge in [-0.3, -0.25) is 9.88 Å². The van der Waals surface area contributed by atoms with Crippen molar-refractivity contribution in [1.82, 2.24) is 24.8 Å². The van der Waals surface area contributed by atoms with E-state index in [1.54, 1.807) is 0 Å². The predicted molar refractivity (Wildman–Crippen MR) is 94.4 cm³/mol. The molecule has 128 valence electrons. The van der Waals surface area contributed by atoms with Gasteiger partial charge in [0.25, 0.3) is 0 Å². The maximum atomic E-state index is 4.56. The molecule has 1 aliphatic carbocycles. The minimum atomic E-state index is 0.534. The van der Waals surface area contributed by atoms with Gasteiger partial charge >= 0.3 is 0 Å². The summed E-state index contributed by atoms with van der Waals surface area (Å²) in [5.41, 5.74) is 3.20. The third-order valence-corrected chi connectivity index (χ3v) is 5.97. The topological polar surface area (TPSA) is 46.0 Å². The second kappa shape index (κ2) is 6.30. The fourth-order valence-electron chi connectivity index (χ4n) is 4.19. The molecule has 4 rings (SSSR count). The lowest BCUT2D eigenvalue weighted by Gasteiger charge is -2.29. The Morgan fingerprint density at radius 3 is 2.83 bits per heavy atom. The number of nitrogens with one attached hydrogen (secondary N) is 1. The summed E-state index contributed by atoms with van der Waals surface area (Å²) < 4.78 is 2.14. The molecule has 0 bridgehead atoms. The summed E-state index contributed by atoms with van der Waals surface area (Å²) >= 11 is 0. The van der Waals surface area contributed by atoms with Crippen molar-refractivity contribution in [3.05, 3.63) is 47.8 Å². The Balaban J connectivity index is 1.56. The fourth-order valence-corrected chi connectivity index (χ4v) is 4.19. The van der Waals surface area contributed by atoms with Crippen molar-refractivity contribution in [1.29, 1.82) is 0 Å². The molecule has 0 radical (unpaired) electrons. The van der Waals surface area contributed by atoms with Crippen LogP contribution in [0.5, 0.6) is 0 Å². The van der Waals surface area contributed by atoms with Crippen molar-refractivity contribution in [3.63, 3.8) is 0 Å². The Bertz CT molecular complexity index is 701. The van der Waals surface area contributed by atoms with Gasteiger partial charge in [0, 0.05) is 44.4 Å². The van der Waals surface area contributed by atoms with Gasteiger partial charge in [-0.1, -0.05) is 0 Å². The SMILES string of the molecule is Cc1ccncc1CN(Cc1nccn1C)C1CC12CCNCC2. The van der Waals surface area contributed by atoms with Crippen LogP contribution in [0.3, 0.4) is 0 Å². The van der Waals surface area contributed by atoms with Crippen LogP contribution in [0.15, 0.2) is 30.9 Å². The normalized spacial score (nSPS) is 22.2. The van der Waals surface area contributed by atoms with Crippen LogP contribution in [0.1, 0.15) is 36.2 Å². The molecule has 0 aromatic carbocycles. The van der Waals surface area contributed by atoms with Crippen LogP contribution in [-0.4, -0.2) is 38.6 Å². The number of pyridine rings is 1. The Morgan fingerprint density at radius 2 is 2.12 bits per heavy atom. The van der Waals surface area contributed by atoms with Crippen molar-refractivity contribution < 1.29 is 0 Å². The number of nitrogens with zero attached hydrogens (tertiary/aromatic N) is 4. The number of rotatable bonds is 5. The Hall–Kier alpha value is -1.72. The van der Waals surface area contributed by atoms with Gasteiger partial charge in [0.1, 0.15) is 5.82 Å². The first-order valence-corrected chi connectivity index (χ1v) is 8.98. The van der Waals surface area contributed by atoms with E-state index in [9.17, 15) is 0 Å². The van der Waals surface area contributed by atoms with E-state index < -0.39 is 0 Å². The van der Waals surface area contributed by atoms with Crippen molar-refractivity contribution >= 4 is 0 Å². The summed E-state index contributed by atoms with van der Waals surface area (Å²) in [6, 6.07) is 2.79. The summed E-state index contributed by atoms with van der Waals surface area (Å²) in [6.07, 6.45) is 11.8. The summed E-state index contributed by atoms with van der Waals surface area (Å²) in [5.74, 6) is 1.15. The first-order valence-electron chi connectivity index (χ1n) is 8.98. The molecule has 2 fully saturated rings. The molecule has 5 heteroatoms. The van der Waals surface area contributed by atoms with Crippen LogP contribution in [0, 0.1) is 12.3 Å². The largest absolute Gasteiger partial charge is 0.337 e. The highest BCUT2D eigenvalue weighted by Crippen LogP contribution is 2.56. The Labute approximate surface area is 144 Å². The van der Waals surface area contributed by atoms with Crippen molar-refractivity contribution in [2.24, 2.45) is 12.5 Å². The second-order valence-corrected chi connectivity index (χ2v) is 7.49. The molecule has 1 saturated heterocycles. The van der Waals surface area contributed by atoms with Crippen molar-refractivity contribution in [2.45, 2.75) is 45.3 Å². The molecule has 1 spiro atoms. The van der Waals surface area contributed by atoms with Gasteiger partial charge in [0.2, 0.25) is 0 Å². The van der Waals surface area contributed by atoms with Gasteiger partial charge in [0.05, 0.1) is 6.54 Å². The lowest BCUT2D eigenvalue weighted by molar-refractivity contribution is 0.182. The molecule has 2 aromatic rings. The summed E-state index contributed by atoms with van der Waals surface area (Å²) in [7, 11) is 2.09. The zero-order valence-corrected chi connectivity index (χ0v) is 14.7. The van der Waals surface area contributed by atoms with Crippen LogP contribution < -0.4 is 5.32 Å². The molecular weight excluding hydrogens is 298 g/mol. The van der Waals surface area contributed by atoms with Gasteiger partial charge < -0.3 is 9.88 Å². The first kappa shape index (κ1) is 15.8. The van der Waals surface area contributed by atoms with Crippen LogP contribution in [0.4, 0.5) is 0 Å². The van der Waals surface area contributed by atoms with Gasteiger partial charge in [-0.15, -0.1) is 0 Å². The van der Waals surface area contributed by atoms with E-state index in [2.05, 4.69) is 44.8 Å². The minimum absolute atomic E-state index is 0.534. The first-order chi connectivity index (χ1) is 11.7. The molecule has 24 heavy (non-hydrogen) atoms. The van der Waals surface area contributed by atoms with Gasteiger partial charge in [0.15, 0.2) is 0 Å². The van der Waals surface area contributed by atoms with Crippen LogP contribution in [0.2, 0.25) is 0 Å². The number of aromatic nitrogens is 3. The number of piperidine rings is 1. The van der Waals surface area contributed by atoms with E-state index in [4.69, 9.17) is 0 Å². The zero-order chi connectivity index (χ0) is 16.6. The van der Waals surface area contributed by atoms with E-state index in [0.29, 0.717) is 11.5 Å². The average Bonchev–Trinajstić information content (AvgIpc) is 3.11. The molecule has 3 heterocycles. The molecule has 2 aliphatic rings. The summed E-state index contributed by atoms with van der Waals surface area (Å²) in [6.45, 7) is 6.39. The molecule has 1 saturated carbocycles. The smallest absolute Gasteiger partial charge is 0.122 e. The molecule has 1 aliphatic heterocycles. The number of imidazole rings is 1. The molecule has 0 amide bonds. The van der Waals surface area contributed by atoms with Gasteiger partial charge in [-0.2, -0.15) is 0 Å². The molecule has 5 nitrogen and oxygen atoms in total. The van der Waals surface area contributed by atoms with E-state index in [0.717, 1.165) is 18.9 Å². The number of aryl methyl sites for hydroxylation is 2. The number of hydrogen-bond donors (Lipinski definition) is 1. The standard InChI is InChI=1S/C19H27N5/c1-15-3-6-21-12-16(15)13-24(14-18-22-9-10-23(18)2)17-11-19(17)4-7-20-8-5-19/h3,6,9-10,12,17,20H,4-5,7-8,11,13-14H2,1-2H3. The maximum absolute atomic E-state index is 4.56. The summed E-state index contributed by atoms with van der Waals surface area (Å²) in [5, 5.41) is 3.51. The average molecular weight is 325 g/mol. The second-order valence-electron chi connectivity index (χ2n) is 7.49. The van der Waals surface area contributed by atoms with E-state index in [1.807, 2.05) is 24.8 Å². The number of hydrogen-bond acceptors (Lipinski definition) is 4. The quantitative estimate of drug-likeness (QED) is 0.916. The molecule has 1 N–H and O–H groups in total. The summed E-state index contributed by atoms with van der Waals surface area (Å²) in [4.78, 5) is 11.5. The highest BCUT2D eigenvalue weighted by atomic mass is 15.2. The van der Waals surface area contributed by atoms with E-state index in [1.165, 1.54) is 43.5 Å². The fraction of sp³-hybridized carbons (Fsp3) is 0.579.